The summed E-state index contributed by atoms with van der Waals surface area (Å²) in [5.74, 6) is 0.682. The average Bonchev–Trinajstić information content (AvgIpc) is 2.92. The third kappa shape index (κ3) is 7.18. The standard InChI is InChI=1S/C29H42BrNO2SSi/c1-5-35(6-2,7-3)33-29(25-18-20-26(30)21-19-25)28(24-14-10-8-11-15-24)22-23-34(32,31-4)27-16-12-9-13-17-27/h9,12-13,16-24,28-29H,5-8,10-11,14-15H2,1-4H3/b23-22-/t28-,29+,34?/m1/s1. The fraction of sp³-hybridized carbons (Fsp3) is 0.517. The van der Waals surface area contributed by atoms with Gasteiger partial charge in [0.2, 0.25) is 0 Å². The summed E-state index contributed by atoms with van der Waals surface area (Å²) in [6.07, 6.45) is 8.38. The van der Waals surface area contributed by atoms with Gasteiger partial charge in [-0.1, -0.05) is 92.4 Å². The number of nitrogens with zero attached hydrogens (tertiary/aromatic N) is 1. The molecule has 0 heterocycles. The minimum absolute atomic E-state index is 0.0368. The SMILES string of the molecule is CC[Si](CC)(CC)O[C@@H](c1ccc(Br)cc1)[C@H](/C=C\S(=O)(=NC)c1ccccc1)C1CCCCC1. The van der Waals surface area contributed by atoms with Crippen LogP contribution in [0.25, 0.3) is 0 Å². The molecular formula is C29H42BrNO2SSi. The molecule has 6 heteroatoms. The summed E-state index contributed by atoms with van der Waals surface area (Å²) in [7, 11) is -2.85. The molecule has 0 radical (unpaired) electrons. The van der Waals surface area contributed by atoms with Crippen LogP contribution in [0.3, 0.4) is 0 Å². The number of halogens is 1. The third-order valence-electron chi connectivity index (χ3n) is 7.89. The molecule has 3 atom stereocenters. The molecule has 2 aromatic carbocycles. The van der Waals surface area contributed by atoms with E-state index in [2.05, 4.69) is 71.4 Å². The van der Waals surface area contributed by atoms with Gasteiger partial charge in [-0.15, -0.1) is 0 Å². The van der Waals surface area contributed by atoms with Crippen LogP contribution >= 0.6 is 15.9 Å². The lowest BCUT2D eigenvalue weighted by atomic mass is 9.76. The van der Waals surface area contributed by atoms with E-state index in [1.807, 2.05) is 35.7 Å². The van der Waals surface area contributed by atoms with Gasteiger partial charge in [-0.3, -0.25) is 0 Å². The van der Waals surface area contributed by atoms with E-state index in [1.54, 1.807) is 7.05 Å². The predicted molar refractivity (Wildman–Crippen MR) is 156 cm³/mol. The van der Waals surface area contributed by atoms with Gasteiger partial charge in [0.05, 0.1) is 20.7 Å². The van der Waals surface area contributed by atoms with Crippen LogP contribution in [0.2, 0.25) is 18.1 Å². The van der Waals surface area contributed by atoms with Crippen molar-refractivity contribution in [3.05, 3.63) is 76.1 Å². The first-order valence-corrected chi connectivity index (χ1v) is 18.1. The Balaban J connectivity index is 2.10. The third-order valence-corrected chi connectivity index (χ3v) is 15.1. The zero-order valence-corrected chi connectivity index (χ0v) is 25.2. The van der Waals surface area contributed by atoms with Crippen LogP contribution in [0.4, 0.5) is 0 Å². The maximum absolute atomic E-state index is 13.9. The van der Waals surface area contributed by atoms with E-state index in [0.29, 0.717) is 5.92 Å². The highest BCUT2D eigenvalue weighted by atomic mass is 79.9. The van der Waals surface area contributed by atoms with Gasteiger partial charge in [-0.2, -0.15) is 0 Å². The second kappa shape index (κ2) is 13.4. The van der Waals surface area contributed by atoms with Crippen molar-refractivity contribution in [2.75, 3.05) is 7.05 Å². The van der Waals surface area contributed by atoms with Crippen LogP contribution in [-0.4, -0.2) is 19.6 Å². The number of benzene rings is 2. The molecular weight excluding hydrogens is 534 g/mol. The Kier molecular flexibility index (Phi) is 10.8. The van der Waals surface area contributed by atoms with Crippen molar-refractivity contribution in [1.29, 1.82) is 0 Å². The Morgan fingerprint density at radius 3 is 2.14 bits per heavy atom. The number of hydrogen-bond acceptors (Lipinski definition) is 3. The van der Waals surface area contributed by atoms with Gasteiger partial charge < -0.3 is 4.43 Å². The fourth-order valence-electron chi connectivity index (χ4n) is 5.37. The first kappa shape index (κ1) is 28.4. The van der Waals surface area contributed by atoms with Crippen molar-refractivity contribution in [3.8, 4) is 0 Å². The van der Waals surface area contributed by atoms with Crippen molar-refractivity contribution >= 4 is 34.0 Å². The molecule has 0 N–H and O–H groups in total. The largest absolute Gasteiger partial charge is 0.409 e. The molecule has 35 heavy (non-hydrogen) atoms. The summed E-state index contributed by atoms with van der Waals surface area (Å²) in [6, 6.07) is 21.6. The molecule has 192 valence electrons. The molecule has 1 unspecified atom stereocenters. The summed E-state index contributed by atoms with van der Waals surface area (Å²) in [4.78, 5) is 0.765. The molecule has 1 saturated carbocycles. The van der Waals surface area contributed by atoms with Gasteiger partial charge in [0, 0.05) is 22.8 Å². The minimum Gasteiger partial charge on any atom is -0.409 e. The van der Waals surface area contributed by atoms with E-state index in [1.165, 1.54) is 37.7 Å². The summed E-state index contributed by atoms with van der Waals surface area (Å²) >= 11 is 3.61. The van der Waals surface area contributed by atoms with Crippen molar-refractivity contribution in [1.82, 2.24) is 0 Å². The molecule has 0 bridgehead atoms. The van der Waals surface area contributed by atoms with E-state index < -0.39 is 18.0 Å². The summed E-state index contributed by atoms with van der Waals surface area (Å²) in [5.41, 5.74) is 1.22. The monoisotopic (exact) mass is 575 g/mol. The van der Waals surface area contributed by atoms with Gasteiger partial charge in [-0.25, -0.2) is 8.57 Å². The maximum atomic E-state index is 13.9. The summed E-state index contributed by atoms with van der Waals surface area (Å²) in [5, 5.41) is 1.89. The minimum atomic E-state index is -2.63. The van der Waals surface area contributed by atoms with Crippen LogP contribution in [0.1, 0.15) is 64.5 Å². The zero-order chi connectivity index (χ0) is 25.3. The van der Waals surface area contributed by atoms with Gasteiger partial charge in [-0.05, 0) is 66.7 Å². The molecule has 1 aliphatic carbocycles. The van der Waals surface area contributed by atoms with E-state index in [0.717, 1.165) is 27.5 Å². The molecule has 2 aromatic rings. The van der Waals surface area contributed by atoms with Gasteiger partial charge in [0.1, 0.15) is 0 Å². The fourth-order valence-corrected chi connectivity index (χ4v) is 9.90. The Hall–Kier alpha value is -1.21. The van der Waals surface area contributed by atoms with Crippen LogP contribution in [0, 0.1) is 11.8 Å². The number of rotatable bonds is 11. The lowest BCUT2D eigenvalue weighted by Crippen LogP contribution is -2.40. The van der Waals surface area contributed by atoms with E-state index in [9.17, 15) is 4.21 Å². The second-order valence-electron chi connectivity index (χ2n) is 9.70. The van der Waals surface area contributed by atoms with Crippen molar-refractivity contribution in [2.45, 2.75) is 82.0 Å². The van der Waals surface area contributed by atoms with Crippen LogP contribution < -0.4 is 0 Å². The summed E-state index contributed by atoms with van der Waals surface area (Å²) < 4.78 is 26.6. The first-order valence-electron chi connectivity index (χ1n) is 13.2. The van der Waals surface area contributed by atoms with Gasteiger partial charge in [0.25, 0.3) is 0 Å². The quantitative estimate of drug-likeness (QED) is 0.250. The number of hydrogen-bond donors (Lipinski definition) is 0. The molecule has 0 saturated heterocycles. The van der Waals surface area contributed by atoms with E-state index in [4.69, 9.17) is 4.43 Å². The lowest BCUT2D eigenvalue weighted by molar-refractivity contribution is 0.0960. The summed E-state index contributed by atoms with van der Waals surface area (Å²) in [6.45, 7) is 6.88. The van der Waals surface area contributed by atoms with E-state index >= 15 is 0 Å². The molecule has 0 aromatic heterocycles. The van der Waals surface area contributed by atoms with Crippen molar-refractivity contribution in [2.24, 2.45) is 16.2 Å². The first-order chi connectivity index (χ1) is 16.9. The molecule has 0 spiro atoms. The normalized spacial score (nSPS) is 18.8. The Morgan fingerprint density at radius 2 is 1.60 bits per heavy atom. The molecule has 1 aliphatic rings. The molecule has 1 fully saturated rings. The van der Waals surface area contributed by atoms with Crippen LogP contribution in [-0.2, 0) is 14.2 Å². The highest BCUT2D eigenvalue weighted by molar-refractivity contribution is 9.10. The Morgan fingerprint density at radius 1 is 1.00 bits per heavy atom. The van der Waals surface area contributed by atoms with Crippen LogP contribution in [0.5, 0.6) is 0 Å². The Labute approximate surface area is 223 Å². The highest BCUT2D eigenvalue weighted by Crippen LogP contribution is 2.43. The second-order valence-corrected chi connectivity index (χ2v) is 17.6. The lowest BCUT2D eigenvalue weighted by Gasteiger charge is -2.40. The van der Waals surface area contributed by atoms with Crippen molar-refractivity contribution < 1.29 is 8.63 Å². The van der Waals surface area contributed by atoms with Crippen molar-refractivity contribution in [3.63, 3.8) is 0 Å². The molecule has 0 amide bonds. The zero-order valence-electron chi connectivity index (χ0n) is 21.8. The highest BCUT2D eigenvalue weighted by Gasteiger charge is 2.38. The smallest absolute Gasteiger partial charge is 0.192 e. The topological polar surface area (TPSA) is 38.7 Å². The Bertz CT molecular complexity index is 1050. The van der Waals surface area contributed by atoms with Crippen LogP contribution in [0.15, 0.2) is 79.8 Å². The molecule has 3 nitrogen and oxygen atoms in total. The van der Waals surface area contributed by atoms with E-state index in [-0.39, 0.29) is 12.0 Å². The molecule has 3 rings (SSSR count). The predicted octanol–water partition coefficient (Wildman–Crippen LogP) is 9.38. The maximum Gasteiger partial charge on any atom is 0.192 e. The average molecular weight is 577 g/mol. The van der Waals surface area contributed by atoms with Gasteiger partial charge in [0.15, 0.2) is 8.32 Å². The molecule has 0 aliphatic heterocycles. The van der Waals surface area contributed by atoms with Gasteiger partial charge >= 0.3 is 0 Å².